The third-order valence-corrected chi connectivity index (χ3v) is 4.12. The van der Waals surface area contributed by atoms with Crippen LogP contribution in [-0.2, 0) is 6.54 Å². The van der Waals surface area contributed by atoms with Crippen molar-refractivity contribution in [1.29, 1.82) is 0 Å². The van der Waals surface area contributed by atoms with Crippen molar-refractivity contribution in [2.45, 2.75) is 19.4 Å². The molecule has 0 spiro atoms. The Labute approximate surface area is 123 Å². The van der Waals surface area contributed by atoms with Gasteiger partial charge in [-0.15, -0.1) is 0 Å². The van der Waals surface area contributed by atoms with E-state index in [1.165, 1.54) is 25.5 Å². The number of likely N-dealkylation sites (tertiary alicyclic amines) is 1. The topological polar surface area (TPSA) is 6.48 Å². The van der Waals surface area contributed by atoms with E-state index in [-0.39, 0.29) is 5.82 Å². The first-order valence-corrected chi connectivity index (χ1v) is 7.64. The molecule has 106 valence electrons. The molecule has 1 aliphatic rings. The maximum Gasteiger partial charge on any atom is 0.124 e. The number of halogens is 2. The van der Waals surface area contributed by atoms with Gasteiger partial charge >= 0.3 is 0 Å². The highest BCUT2D eigenvalue weighted by molar-refractivity contribution is 9.10. The van der Waals surface area contributed by atoms with Crippen molar-refractivity contribution in [3.63, 3.8) is 0 Å². The highest BCUT2D eigenvalue weighted by atomic mass is 79.9. The molecule has 0 amide bonds. The van der Waals surface area contributed by atoms with Gasteiger partial charge in [0.1, 0.15) is 5.82 Å². The Morgan fingerprint density at radius 3 is 2.53 bits per heavy atom. The van der Waals surface area contributed by atoms with E-state index >= 15 is 0 Å². The standard InChI is InChI=1S/C15H22BrFN2/c1-18(2)10-12-3-5-19(6-4-12)11-13-7-14(16)9-15(17)8-13/h7-9,12H,3-6,10-11H2,1-2H3. The molecule has 0 aromatic heterocycles. The van der Waals surface area contributed by atoms with Gasteiger partial charge in [-0.3, -0.25) is 4.90 Å². The smallest absolute Gasteiger partial charge is 0.124 e. The second kappa shape index (κ2) is 6.82. The van der Waals surface area contributed by atoms with Gasteiger partial charge in [0.2, 0.25) is 0 Å². The van der Waals surface area contributed by atoms with Crippen molar-refractivity contribution in [2.75, 3.05) is 33.7 Å². The first-order chi connectivity index (χ1) is 9.02. The average Bonchev–Trinajstić information content (AvgIpc) is 2.29. The molecule has 0 atom stereocenters. The van der Waals surface area contributed by atoms with E-state index in [1.54, 1.807) is 6.07 Å². The number of nitrogens with zero attached hydrogens (tertiary/aromatic N) is 2. The first kappa shape index (κ1) is 14.9. The van der Waals surface area contributed by atoms with Crippen LogP contribution in [0.3, 0.4) is 0 Å². The van der Waals surface area contributed by atoms with Crippen molar-refractivity contribution in [3.05, 3.63) is 34.1 Å². The molecule has 19 heavy (non-hydrogen) atoms. The van der Waals surface area contributed by atoms with Crippen LogP contribution in [0.1, 0.15) is 18.4 Å². The highest BCUT2D eigenvalue weighted by Gasteiger charge is 2.19. The summed E-state index contributed by atoms with van der Waals surface area (Å²) in [5.41, 5.74) is 1.05. The molecule has 0 N–H and O–H groups in total. The monoisotopic (exact) mass is 328 g/mol. The van der Waals surface area contributed by atoms with Gasteiger partial charge in [0.15, 0.2) is 0 Å². The first-order valence-electron chi connectivity index (χ1n) is 6.85. The van der Waals surface area contributed by atoms with E-state index in [2.05, 4.69) is 39.8 Å². The van der Waals surface area contributed by atoms with Crippen LogP contribution >= 0.6 is 15.9 Å². The van der Waals surface area contributed by atoms with Crippen molar-refractivity contribution in [2.24, 2.45) is 5.92 Å². The van der Waals surface area contributed by atoms with Crippen LogP contribution in [0.15, 0.2) is 22.7 Å². The molecule has 0 bridgehead atoms. The zero-order valence-electron chi connectivity index (χ0n) is 11.7. The fourth-order valence-electron chi connectivity index (χ4n) is 2.80. The number of benzene rings is 1. The molecule has 4 heteroatoms. The van der Waals surface area contributed by atoms with Crippen LogP contribution in [-0.4, -0.2) is 43.5 Å². The zero-order valence-corrected chi connectivity index (χ0v) is 13.3. The van der Waals surface area contributed by atoms with Crippen molar-refractivity contribution in [1.82, 2.24) is 9.80 Å². The third kappa shape index (κ3) is 4.86. The Kier molecular flexibility index (Phi) is 5.37. The normalized spacial score (nSPS) is 18.2. The molecule has 0 saturated carbocycles. The van der Waals surface area contributed by atoms with Crippen LogP contribution in [0.25, 0.3) is 0 Å². The summed E-state index contributed by atoms with van der Waals surface area (Å²) in [4.78, 5) is 4.69. The maximum absolute atomic E-state index is 13.3. The van der Waals surface area contributed by atoms with Crippen molar-refractivity contribution >= 4 is 15.9 Å². The lowest BCUT2D eigenvalue weighted by atomic mass is 9.96. The summed E-state index contributed by atoms with van der Waals surface area (Å²) in [6.07, 6.45) is 2.49. The fourth-order valence-corrected chi connectivity index (χ4v) is 3.32. The Balaban J connectivity index is 1.85. The molecule has 1 aromatic carbocycles. The summed E-state index contributed by atoms with van der Waals surface area (Å²) in [5, 5.41) is 0. The molecule has 1 heterocycles. The number of hydrogen-bond acceptors (Lipinski definition) is 2. The summed E-state index contributed by atoms with van der Waals surface area (Å²) in [6.45, 7) is 4.27. The van der Waals surface area contributed by atoms with Gasteiger partial charge in [-0.2, -0.15) is 0 Å². The molecular formula is C15H22BrFN2. The second-order valence-corrected chi connectivity index (χ2v) is 6.68. The summed E-state index contributed by atoms with van der Waals surface area (Å²) >= 11 is 3.35. The minimum absolute atomic E-state index is 0.160. The Hall–Kier alpha value is -0.450. The van der Waals surface area contributed by atoms with E-state index in [0.29, 0.717) is 0 Å². The van der Waals surface area contributed by atoms with Crippen molar-refractivity contribution in [3.8, 4) is 0 Å². The number of piperidine rings is 1. The molecular weight excluding hydrogens is 307 g/mol. The molecule has 0 aliphatic carbocycles. The molecule has 2 nitrogen and oxygen atoms in total. The quantitative estimate of drug-likeness (QED) is 0.836. The lowest BCUT2D eigenvalue weighted by molar-refractivity contribution is 0.157. The summed E-state index contributed by atoms with van der Waals surface area (Å²) in [5.74, 6) is 0.650. The SMILES string of the molecule is CN(C)CC1CCN(Cc2cc(F)cc(Br)c2)CC1. The third-order valence-electron chi connectivity index (χ3n) is 3.66. The van der Waals surface area contributed by atoms with Crippen LogP contribution in [0.5, 0.6) is 0 Å². The van der Waals surface area contributed by atoms with Gasteiger partial charge in [0.05, 0.1) is 0 Å². The maximum atomic E-state index is 13.3. The van der Waals surface area contributed by atoms with Crippen LogP contribution in [0.2, 0.25) is 0 Å². The molecule has 0 radical (unpaired) electrons. The van der Waals surface area contributed by atoms with Crippen molar-refractivity contribution < 1.29 is 4.39 Å². The zero-order chi connectivity index (χ0) is 13.8. The van der Waals surface area contributed by atoms with Gasteiger partial charge in [0, 0.05) is 17.6 Å². The molecule has 1 aromatic rings. The predicted molar refractivity (Wildman–Crippen MR) is 80.7 cm³/mol. The van der Waals surface area contributed by atoms with Gasteiger partial charge in [0.25, 0.3) is 0 Å². The van der Waals surface area contributed by atoms with Gasteiger partial charge in [-0.1, -0.05) is 15.9 Å². The lowest BCUT2D eigenvalue weighted by Crippen LogP contribution is -2.36. The molecule has 1 aliphatic heterocycles. The average molecular weight is 329 g/mol. The molecule has 0 unspecified atom stereocenters. The molecule has 1 fully saturated rings. The minimum atomic E-state index is -0.160. The number of rotatable bonds is 4. The predicted octanol–water partition coefficient (Wildman–Crippen LogP) is 3.36. The summed E-state index contributed by atoms with van der Waals surface area (Å²) in [6, 6.07) is 5.15. The highest BCUT2D eigenvalue weighted by Crippen LogP contribution is 2.21. The Morgan fingerprint density at radius 2 is 1.95 bits per heavy atom. The largest absolute Gasteiger partial charge is 0.309 e. The van der Waals surface area contributed by atoms with Crippen LogP contribution < -0.4 is 0 Å². The summed E-state index contributed by atoms with van der Waals surface area (Å²) in [7, 11) is 4.27. The minimum Gasteiger partial charge on any atom is -0.309 e. The van der Waals surface area contributed by atoms with Gasteiger partial charge in [-0.25, -0.2) is 4.39 Å². The van der Waals surface area contributed by atoms with E-state index in [0.717, 1.165) is 35.6 Å². The Morgan fingerprint density at radius 1 is 1.26 bits per heavy atom. The Bertz CT molecular complexity index is 394. The van der Waals surface area contributed by atoms with E-state index in [1.807, 2.05) is 6.07 Å². The van der Waals surface area contributed by atoms with Gasteiger partial charge < -0.3 is 4.90 Å². The lowest BCUT2D eigenvalue weighted by Gasteiger charge is -2.33. The fraction of sp³-hybridized carbons (Fsp3) is 0.600. The van der Waals surface area contributed by atoms with Crippen LogP contribution in [0.4, 0.5) is 4.39 Å². The summed E-state index contributed by atoms with van der Waals surface area (Å²) < 4.78 is 14.2. The number of hydrogen-bond donors (Lipinski definition) is 0. The van der Waals surface area contributed by atoms with E-state index in [4.69, 9.17) is 0 Å². The molecule has 2 rings (SSSR count). The van der Waals surface area contributed by atoms with Gasteiger partial charge in [-0.05, 0) is 69.7 Å². The van der Waals surface area contributed by atoms with E-state index < -0.39 is 0 Å². The molecule has 1 saturated heterocycles. The van der Waals surface area contributed by atoms with E-state index in [9.17, 15) is 4.39 Å². The second-order valence-electron chi connectivity index (χ2n) is 5.76. The van der Waals surface area contributed by atoms with Crippen LogP contribution in [0, 0.1) is 11.7 Å².